The normalized spacial score (nSPS) is 18.6. The van der Waals surface area contributed by atoms with E-state index in [-0.39, 0.29) is 113 Å². The molecule has 2 heteroatoms. The molecule has 2 aliphatic rings. The van der Waals surface area contributed by atoms with E-state index in [1.807, 2.05) is 69.2 Å². The van der Waals surface area contributed by atoms with E-state index in [0.717, 1.165) is 33.4 Å². The van der Waals surface area contributed by atoms with Crippen molar-refractivity contribution in [2.24, 2.45) is 21.7 Å². The number of furan rings is 1. The van der Waals surface area contributed by atoms with Crippen molar-refractivity contribution in [1.29, 1.82) is 0 Å². The van der Waals surface area contributed by atoms with Gasteiger partial charge in [-0.2, -0.15) is 0 Å². The first-order chi connectivity index (χ1) is 42.6. The molecule has 8 aromatic carbocycles. The van der Waals surface area contributed by atoms with E-state index in [0.29, 0.717) is 28.3 Å². The van der Waals surface area contributed by atoms with Crippen molar-refractivity contribution in [2.45, 2.75) is 149 Å². The molecule has 0 spiro atoms. The number of hydrogen-bond donors (Lipinski definition) is 0. The highest BCUT2D eigenvalue weighted by Crippen LogP contribution is 2.69. The van der Waals surface area contributed by atoms with Crippen LogP contribution in [0.5, 0.6) is 0 Å². The Bertz CT molecular complexity index is 4750. The first-order valence-electron chi connectivity index (χ1n) is 35.3. The topological polar surface area (TPSA) is 16.4 Å². The highest BCUT2D eigenvalue weighted by atomic mass is 16.3. The molecule has 2 nitrogen and oxygen atoms in total. The molecule has 0 amide bonds. The molecule has 1 aromatic heterocycles. The van der Waals surface area contributed by atoms with Crippen LogP contribution in [0.25, 0.3) is 66.1 Å². The second-order valence-electron chi connectivity index (χ2n) is 25.3. The minimum absolute atomic E-state index is 0.00627. The summed E-state index contributed by atoms with van der Waals surface area (Å²) in [5.41, 5.74) is 0.212. The van der Waals surface area contributed by atoms with Crippen LogP contribution in [0, 0.1) is 77.0 Å². The number of aryl methyl sites for hydroxylation is 2. The van der Waals surface area contributed by atoms with Crippen LogP contribution < -0.4 is 4.90 Å². The lowest BCUT2D eigenvalue weighted by molar-refractivity contribution is 0.0938. The summed E-state index contributed by atoms with van der Waals surface area (Å²) >= 11 is 0. The van der Waals surface area contributed by atoms with Crippen LogP contribution in [0.4, 0.5) is 17.1 Å². The second kappa shape index (κ2) is 16.1. The van der Waals surface area contributed by atoms with Gasteiger partial charge < -0.3 is 9.32 Å². The van der Waals surface area contributed by atoms with Crippen LogP contribution >= 0.6 is 0 Å². The van der Waals surface area contributed by atoms with Crippen LogP contribution in [0.1, 0.15) is 176 Å². The molecule has 0 N–H and O–H groups in total. The van der Waals surface area contributed by atoms with Crippen molar-refractivity contribution in [1.82, 2.24) is 0 Å². The zero-order valence-corrected chi connectivity index (χ0v) is 46.9. The van der Waals surface area contributed by atoms with Gasteiger partial charge in [-0.05, 0) is 208 Å². The van der Waals surface area contributed by atoms with E-state index in [4.69, 9.17) is 12.6 Å². The summed E-state index contributed by atoms with van der Waals surface area (Å²) in [5, 5.41) is 0.197. The van der Waals surface area contributed by atoms with E-state index in [2.05, 4.69) is 41.5 Å². The largest absolute Gasteiger partial charge is 0.455 e. The fraction of sp³-hybridized carbons (Fsp3) is 0.361. The first kappa shape index (κ1) is 32.1. The predicted octanol–water partition coefficient (Wildman–Crippen LogP) is 21.1. The average molecular weight is 994 g/mol. The standard InChI is InChI=1S/C72H79NO/c1-40-34-42(3)59-55(35-40)66-61(53-38-49(30-33-58(53)74-66)48-26-22-21-23-27-48)46(7)65(59)73(50-31-32-52-51-28-24-25-29-56(51)71(57(52)39-50,67(9,10)11)68(12,13)14)64-44(5)37-54-60-45(6)41(2)36-43(4)62(60)72(69(15,16)17,70(18,19)20)63(54)47(64)8/h21-39H,1-20H3/i21D,22D,23D,24D,25D,26D,27D,28D,29D,30D,31D,32D,33D,34D,35D,36D,37D,38D,39D. The van der Waals surface area contributed by atoms with E-state index in [1.165, 1.54) is 0 Å². The van der Waals surface area contributed by atoms with Crippen molar-refractivity contribution in [3.63, 3.8) is 0 Å². The maximum atomic E-state index is 11.4. The average Bonchev–Trinajstić information content (AvgIpc) is 1.53. The number of benzene rings is 8. The lowest BCUT2D eigenvalue weighted by Gasteiger charge is -2.54. The van der Waals surface area contributed by atoms with Crippen LogP contribution in [-0.4, -0.2) is 0 Å². The molecule has 0 atom stereocenters. The Morgan fingerprint density at radius 1 is 0.432 bits per heavy atom. The predicted molar refractivity (Wildman–Crippen MR) is 319 cm³/mol. The maximum Gasteiger partial charge on any atom is 0.143 e. The van der Waals surface area contributed by atoms with Crippen molar-refractivity contribution in [3.8, 4) is 33.4 Å². The summed E-state index contributed by atoms with van der Waals surface area (Å²) in [4.78, 5) is 1.69. The lowest BCUT2D eigenvalue weighted by atomic mass is 9.49. The minimum atomic E-state index is -1.54. The molecule has 1 heterocycles. The molecule has 0 bridgehead atoms. The fourth-order valence-corrected chi connectivity index (χ4v) is 15.1. The Morgan fingerprint density at radius 3 is 1.70 bits per heavy atom. The smallest absolute Gasteiger partial charge is 0.143 e. The number of anilines is 3. The number of rotatable bonds is 4. The molecule has 0 aliphatic heterocycles. The molecular formula is C72H79NO. The summed E-state index contributed by atoms with van der Waals surface area (Å²) in [6.45, 7) is 39.2. The third-order valence-electron chi connectivity index (χ3n) is 17.0. The number of fused-ring (bicyclic) bond motifs is 11. The zero-order valence-electron chi connectivity index (χ0n) is 65.9. The van der Waals surface area contributed by atoms with E-state index < -0.39 is 122 Å². The molecule has 0 radical (unpaired) electrons. The van der Waals surface area contributed by atoms with E-state index in [9.17, 15) is 17.8 Å². The van der Waals surface area contributed by atoms with Crippen LogP contribution in [0.15, 0.2) is 119 Å². The molecule has 0 saturated carbocycles. The highest BCUT2D eigenvalue weighted by Gasteiger charge is 2.60. The van der Waals surface area contributed by atoms with Gasteiger partial charge in [-0.25, -0.2) is 0 Å². The quantitative estimate of drug-likeness (QED) is 0.175. The zero-order chi connectivity index (χ0) is 69.8. The maximum absolute atomic E-state index is 11.4. The number of nitrogens with zero attached hydrogens (tertiary/aromatic N) is 1. The highest BCUT2D eigenvalue weighted by molar-refractivity contribution is 6.23. The van der Waals surface area contributed by atoms with E-state index >= 15 is 0 Å². The van der Waals surface area contributed by atoms with Gasteiger partial charge in [0, 0.05) is 38.1 Å². The molecule has 2 aliphatic carbocycles. The molecule has 9 aromatic rings. The Morgan fingerprint density at radius 2 is 1.05 bits per heavy atom. The fourth-order valence-electron chi connectivity index (χ4n) is 15.1. The molecule has 11 rings (SSSR count). The van der Waals surface area contributed by atoms with Crippen LogP contribution in [0.3, 0.4) is 0 Å². The third-order valence-corrected chi connectivity index (χ3v) is 17.0. The summed E-state index contributed by atoms with van der Waals surface area (Å²) in [5.74, 6) is 0. The van der Waals surface area contributed by atoms with Crippen molar-refractivity contribution in [2.75, 3.05) is 4.90 Å². The molecule has 0 unspecified atom stereocenters. The lowest BCUT2D eigenvalue weighted by Crippen LogP contribution is -2.50. The van der Waals surface area contributed by atoms with Crippen LogP contribution in [0.2, 0.25) is 0 Å². The van der Waals surface area contributed by atoms with E-state index in [1.54, 1.807) is 32.6 Å². The summed E-state index contributed by atoms with van der Waals surface area (Å²) in [6.07, 6.45) is 0. The number of hydrogen-bond acceptors (Lipinski definition) is 2. The van der Waals surface area contributed by atoms with Gasteiger partial charge in [0.15, 0.2) is 0 Å². The van der Waals surface area contributed by atoms with Gasteiger partial charge in [0.05, 0.1) is 37.4 Å². The second-order valence-corrected chi connectivity index (χ2v) is 25.3. The van der Waals surface area contributed by atoms with Gasteiger partial charge in [-0.15, -0.1) is 0 Å². The monoisotopic (exact) mass is 993 g/mol. The van der Waals surface area contributed by atoms with Crippen molar-refractivity contribution < 1.29 is 30.5 Å². The minimum Gasteiger partial charge on any atom is -0.455 e. The van der Waals surface area contributed by atoms with Gasteiger partial charge in [0.1, 0.15) is 11.2 Å². The molecule has 74 heavy (non-hydrogen) atoms. The van der Waals surface area contributed by atoms with Crippen LogP contribution in [-0.2, 0) is 10.8 Å². The van der Waals surface area contributed by atoms with Gasteiger partial charge in [-0.3, -0.25) is 0 Å². The van der Waals surface area contributed by atoms with Crippen molar-refractivity contribution >= 4 is 49.8 Å². The van der Waals surface area contributed by atoms with Gasteiger partial charge in [0.2, 0.25) is 0 Å². The Balaban J connectivity index is 1.50. The van der Waals surface area contributed by atoms with Gasteiger partial charge in [0.25, 0.3) is 0 Å². The Kier molecular flexibility index (Phi) is 6.98. The molecule has 0 fully saturated rings. The molecule has 378 valence electrons. The Labute approximate surface area is 469 Å². The van der Waals surface area contributed by atoms with Gasteiger partial charge >= 0.3 is 0 Å². The SMILES string of the molecule is [2H]c1c([2H])c([2H])c(-c2c([2H])c([2H])c3oc4c5c([2H])c(C)c([2H])c(C)c5c(N(c5c([2H])c([2H])c6c(c5[2H])C(C(C)(C)C)(C(C)(C)C)c5c([2H])c([2H])c([2H])c([2H])c5-6)c5c(C)c([2H])c6c(c5C)C(C(C)(C)C)(C(C)(C)C)c5c(C)c([2H])c(C)c(C)c5-6)c(C)c4c3c2[2H])c([2H])c1[2H]. The molecular weight excluding hydrogens is 895 g/mol. The molecule has 0 saturated heterocycles. The van der Waals surface area contributed by atoms with Gasteiger partial charge in [-0.1, -0.05) is 167 Å². The van der Waals surface area contributed by atoms with Crippen molar-refractivity contribution in [3.05, 3.63) is 182 Å². The summed E-state index contributed by atoms with van der Waals surface area (Å²) in [7, 11) is 0. The third kappa shape index (κ3) is 6.42. The first-order valence-corrected chi connectivity index (χ1v) is 25.8. The summed E-state index contributed by atoms with van der Waals surface area (Å²) in [6, 6.07) is -8.43. The summed E-state index contributed by atoms with van der Waals surface area (Å²) < 4.78 is 192. The Hall–Kier alpha value is -6.38.